The van der Waals surface area contributed by atoms with Crippen molar-refractivity contribution in [1.29, 1.82) is 0 Å². The molecule has 0 spiro atoms. The third-order valence-corrected chi connectivity index (χ3v) is 3.83. The van der Waals surface area contributed by atoms with Crippen LogP contribution >= 0.6 is 34.8 Å². The molecule has 0 aliphatic carbocycles. The molecular weight excluding hydrogens is 307 g/mol. The first-order chi connectivity index (χ1) is 9.04. The van der Waals surface area contributed by atoms with Gasteiger partial charge in [-0.15, -0.1) is 0 Å². The molecule has 2 rings (SSSR count). The van der Waals surface area contributed by atoms with Gasteiger partial charge in [0.15, 0.2) is 0 Å². The van der Waals surface area contributed by atoms with Gasteiger partial charge < -0.3 is 9.84 Å². The minimum atomic E-state index is -0.932. The number of aliphatic hydroxyl groups excluding tert-OH is 1. The molecule has 5 heteroatoms. The van der Waals surface area contributed by atoms with E-state index in [4.69, 9.17) is 39.5 Å². The van der Waals surface area contributed by atoms with Crippen molar-refractivity contribution in [2.45, 2.75) is 6.10 Å². The highest BCUT2D eigenvalue weighted by Crippen LogP contribution is 2.37. The highest BCUT2D eigenvalue weighted by Gasteiger charge is 2.19. The fourth-order valence-electron chi connectivity index (χ4n) is 1.81. The average Bonchev–Trinajstić information content (AvgIpc) is 2.41. The summed E-state index contributed by atoms with van der Waals surface area (Å²) in [5, 5.41) is 11.7. The summed E-state index contributed by atoms with van der Waals surface area (Å²) in [6, 6.07) is 10.1. The second-order valence-electron chi connectivity index (χ2n) is 3.93. The van der Waals surface area contributed by atoms with Crippen molar-refractivity contribution in [2.24, 2.45) is 0 Å². The molecule has 2 aromatic carbocycles. The number of aliphatic hydroxyl groups is 1. The summed E-state index contributed by atoms with van der Waals surface area (Å²) < 4.78 is 5.22. The van der Waals surface area contributed by atoms with Gasteiger partial charge in [0, 0.05) is 16.1 Å². The van der Waals surface area contributed by atoms with Crippen molar-refractivity contribution in [3.8, 4) is 5.75 Å². The average molecular weight is 318 g/mol. The van der Waals surface area contributed by atoms with Crippen LogP contribution < -0.4 is 4.74 Å². The molecule has 0 fully saturated rings. The lowest BCUT2D eigenvalue weighted by Crippen LogP contribution is -2.03. The Labute approximate surface area is 126 Å². The van der Waals surface area contributed by atoms with Crippen LogP contribution in [-0.4, -0.2) is 12.2 Å². The molecule has 0 heterocycles. The monoisotopic (exact) mass is 316 g/mol. The summed E-state index contributed by atoms with van der Waals surface area (Å²) in [7, 11) is 1.52. The van der Waals surface area contributed by atoms with E-state index in [2.05, 4.69) is 0 Å². The maximum Gasteiger partial charge on any atom is 0.126 e. The predicted octanol–water partition coefficient (Wildman–Crippen LogP) is 4.74. The topological polar surface area (TPSA) is 29.5 Å². The molecule has 0 amide bonds. The summed E-state index contributed by atoms with van der Waals surface area (Å²) in [6.45, 7) is 0. The standard InChI is InChI=1S/C14H11Cl3O2/c1-19-12-7-8(15)5-6-9(12)14(18)10-3-2-4-11(16)13(10)17/h2-7,14,18H,1H3. The Morgan fingerprint density at radius 2 is 1.79 bits per heavy atom. The zero-order chi connectivity index (χ0) is 14.0. The summed E-state index contributed by atoms with van der Waals surface area (Å²) in [6.07, 6.45) is -0.932. The molecule has 0 aliphatic rings. The van der Waals surface area contributed by atoms with Crippen LogP contribution in [0.2, 0.25) is 15.1 Å². The van der Waals surface area contributed by atoms with E-state index in [1.54, 1.807) is 36.4 Å². The summed E-state index contributed by atoms with van der Waals surface area (Å²) in [4.78, 5) is 0. The Hall–Kier alpha value is -0.930. The van der Waals surface area contributed by atoms with E-state index in [9.17, 15) is 5.11 Å². The maximum absolute atomic E-state index is 10.4. The number of benzene rings is 2. The first-order valence-electron chi connectivity index (χ1n) is 5.50. The summed E-state index contributed by atoms with van der Waals surface area (Å²) >= 11 is 17.9. The first-order valence-corrected chi connectivity index (χ1v) is 6.63. The van der Waals surface area contributed by atoms with E-state index in [0.29, 0.717) is 31.9 Å². The largest absolute Gasteiger partial charge is 0.496 e. The molecule has 1 unspecified atom stereocenters. The zero-order valence-corrected chi connectivity index (χ0v) is 12.3. The molecule has 0 aromatic heterocycles. The molecule has 0 saturated heterocycles. The number of rotatable bonds is 3. The molecule has 0 bridgehead atoms. The lowest BCUT2D eigenvalue weighted by atomic mass is 10.0. The van der Waals surface area contributed by atoms with Gasteiger partial charge in [-0.25, -0.2) is 0 Å². The quantitative estimate of drug-likeness (QED) is 0.886. The van der Waals surface area contributed by atoms with Crippen molar-refractivity contribution in [3.05, 3.63) is 62.6 Å². The van der Waals surface area contributed by atoms with Crippen LogP contribution in [0.3, 0.4) is 0 Å². The highest BCUT2D eigenvalue weighted by atomic mass is 35.5. The highest BCUT2D eigenvalue weighted by molar-refractivity contribution is 6.42. The molecule has 2 aromatic rings. The van der Waals surface area contributed by atoms with Crippen LogP contribution in [0.25, 0.3) is 0 Å². The first kappa shape index (κ1) is 14.5. The van der Waals surface area contributed by atoms with Gasteiger partial charge in [0.2, 0.25) is 0 Å². The predicted molar refractivity (Wildman–Crippen MR) is 78.5 cm³/mol. The van der Waals surface area contributed by atoms with Gasteiger partial charge in [0.25, 0.3) is 0 Å². The fourth-order valence-corrected chi connectivity index (χ4v) is 2.38. The Balaban J connectivity index is 2.49. The number of methoxy groups -OCH3 is 1. The fraction of sp³-hybridized carbons (Fsp3) is 0.143. The van der Waals surface area contributed by atoms with Crippen LogP contribution in [0.4, 0.5) is 0 Å². The Morgan fingerprint density at radius 1 is 1.05 bits per heavy atom. The minimum Gasteiger partial charge on any atom is -0.496 e. The van der Waals surface area contributed by atoms with Gasteiger partial charge in [-0.1, -0.05) is 53.0 Å². The van der Waals surface area contributed by atoms with E-state index in [-0.39, 0.29) is 0 Å². The third-order valence-electron chi connectivity index (χ3n) is 2.77. The number of hydrogen-bond donors (Lipinski definition) is 1. The van der Waals surface area contributed by atoms with Gasteiger partial charge in [-0.2, -0.15) is 0 Å². The number of hydrogen-bond acceptors (Lipinski definition) is 2. The Bertz CT molecular complexity index is 599. The molecule has 100 valence electrons. The number of halogens is 3. The molecule has 1 N–H and O–H groups in total. The Morgan fingerprint density at radius 3 is 2.47 bits per heavy atom. The molecule has 1 atom stereocenters. The van der Waals surface area contributed by atoms with Gasteiger partial charge in [0.05, 0.1) is 17.2 Å². The van der Waals surface area contributed by atoms with Gasteiger partial charge in [0.1, 0.15) is 11.9 Å². The van der Waals surface area contributed by atoms with E-state index in [1.165, 1.54) is 7.11 Å². The van der Waals surface area contributed by atoms with Gasteiger partial charge in [-0.3, -0.25) is 0 Å². The molecule has 0 saturated carbocycles. The normalized spacial score (nSPS) is 12.3. The maximum atomic E-state index is 10.4. The van der Waals surface area contributed by atoms with Crippen LogP contribution in [0.5, 0.6) is 5.75 Å². The van der Waals surface area contributed by atoms with Crippen molar-refractivity contribution in [2.75, 3.05) is 7.11 Å². The summed E-state index contributed by atoms with van der Waals surface area (Å²) in [5.41, 5.74) is 1.10. The van der Waals surface area contributed by atoms with Crippen molar-refractivity contribution < 1.29 is 9.84 Å². The molecular formula is C14H11Cl3O2. The van der Waals surface area contributed by atoms with Crippen LogP contribution in [0.1, 0.15) is 17.2 Å². The molecule has 0 aliphatic heterocycles. The minimum absolute atomic E-state index is 0.327. The Kier molecular flexibility index (Phi) is 4.58. The lowest BCUT2D eigenvalue weighted by molar-refractivity contribution is 0.215. The van der Waals surface area contributed by atoms with Crippen LogP contribution in [0, 0.1) is 0 Å². The van der Waals surface area contributed by atoms with Gasteiger partial charge in [-0.05, 0) is 18.2 Å². The van der Waals surface area contributed by atoms with Crippen molar-refractivity contribution in [1.82, 2.24) is 0 Å². The van der Waals surface area contributed by atoms with Crippen molar-refractivity contribution in [3.63, 3.8) is 0 Å². The van der Waals surface area contributed by atoms with Crippen LogP contribution in [-0.2, 0) is 0 Å². The number of ether oxygens (including phenoxy) is 1. The van der Waals surface area contributed by atoms with Crippen molar-refractivity contribution >= 4 is 34.8 Å². The van der Waals surface area contributed by atoms with E-state index < -0.39 is 6.10 Å². The SMILES string of the molecule is COc1cc(Cl)ccc1C(O)c1cccc(Cl)c1Cl. The third kappa shape index (κ3) is 2.98. The second-order valence-corrected chi connectivity index (χ2v) is 5.15. The van der Waals surface area contributed by atoms with E-state index in [0.717, 1.165) is 0 Å². The molecule has 19 heavy (non-hydrogen) atoms. The molecule has 0 radical (unpaired) electrons. The summed E-state index contributed by atoms with van der Waals surface area (Å²) in [5.74, 6) is 0.496. The zero-order valence-electron chi connectivity index (χ0n) is 10.0. The van der Waals surface area contributed by atoms with Crippen LogP contribution in [0.15, 0.2) is 36.4 Å². The lowest BCUT2D eigenvalue weighted by Gasteiger charge is -2.17. The van der Waals surface area contributed by atoms with Gasteiger partial charge >= 0.3 is 0 Å². The van der Waals surface area contributed by atoms with E-state index >= 15 is 0 Å². The van der Waals surface area contributed by atoms with E-state index in [1.807, 2.05) is 0 Å². The smallest absolute Gasteiger partial charge is 0.126 e. The second kappa shape index (κ2) is 6.02. The molecule has 2 nitrogen and oxygen atoms in total.